The zero-order valence-electron chi connectivity index (χ0n) is 7.13. The normalized spacial score (nSPS) is 8.83. The Hall–Kier alpha value is -0.520. The molecule has 1 rings (SSSR count). The van der Waals surface area contributed by atoms with Gasteiger partial charge >= 0.3 is 0 Å². The Morgan fingerprint density at radius 2 is 1.83 bits per heavy atom. The van der Waals surface area contributed by atoms with Gasteiger partial charge in [0.1, 0.15) is 0 Å². The summed E-state index contributed by atoms with van der Waals surface area (Å²) < 4.78 is 0. The predicted octanol–water partition coefficient (Wildman–Crippen LogP) is 3.43. The molecule has 0 fully saturated rings. The van der Waals surface area contributed by atoms with Gasteiger partial charge in [-0.25, -0.2) is 0 Å². The number of benzene rings is 1. The topological polar surface area (TPSA) is 0 Å². The molecule has 0 radical (unpaired) electrons. The molecule has 0 aliphatic heterocycles. The van der Waals surface area contributed by atoms with E-state index in [0.29, 0.717) is 0 Å². The Labute approximate surface area is 81.5 Å². The molecule has 0 aliphatic rings. The van der Waals surface area contributed by atoms with Crippen molar-refractivity contribution in [2.24, 2.45) is 0 Å². The van der Waals surface area contributed by atoms with Gasteiger partial charge in [0.05, 0.1) is 0 Å². The van der Waals surface area contributed by atoms with E-state index in [1.54, 1.807) is 21.6 Å². The van der Waals surface area contributed by atoms with Crippen LogP contribution in [0.3, 0.4) is 0 Å². The quantitative estimate of drug-likeness (QED) is 0.522. The van der Waals surface area contributed by atoms with Crippen LogP contribution in [-0.4, -0.2) is 6.26 Å². The average molecular weight is 194 g/mol. The van der Waals surface area contributed by atoms with E-state index in [9.17, 15) is 0 Å². The van der Waals surface area contributed by atoms with Crippen molar-refractivity contribution in [2.45, 2.75) is 11.8 Å². The van der Waals surface area contributed by atoms with Crippen molar-refractivity contribution in [1.29, 1.82) is 0 Å². The minimum atomic E-state index is 1.09. The van der Waals surface area contributed by atoms with Crippen LogP contribution in [-0.2, 0) is 0 Å². The zero-order chi connectivity index (χ0) is 8.81. The van der Waals surface area contributed by atoms with Crippen LogP contribution in [0.2, 0.25) is 0 Å². The van der Waals surface area contributed by atoms with Crippen molar-refractivity contribution in [3.05, 3.63) is 29.8 Å². The van der Waals surface area contributed by atoms with Crippen LogP contribution < -0.4 is 0 Å². The van der Waals surface area contributed by atoms with Crippen molar-refractivity contribution in [3.8, 4) is 11.8 Å². The summed E-state index contributed by atoms with van der Waals surface area (Å²) in [6.07, 6.45) is 2.07. The van der Waals surface area contributed by atoms with E-state index in [1.807, 2.05) is 6.92 Å². The van der Waals surface area contributed by atoms with Crippen molar-refractivity contribution >= 4 is 21.6 Å². The number of hydrogen-bond donors (Lipinski definition) is 0. The lowest BCUT2D eigenvalue weighted by atomic mass is 10.2. The maximum atomic E-state index is 3.01. The molecule has 2 heteroatoms. The monoisotopic (exact) mass is 194 g/mol. The Morgan fingerprint density at radius 1 is 1.17 bits per heavy atom. The van der Waals surface area contributed by atoms with Crippen LogP contribution in [0.25, 0.3) is 0 Å². The van der Waals surface area contributed by atoms with Crippen LogP contribution in [0.5, 0.6) is 0 Å². The summed E-state index contributed by atoms with van der Waals surface area (Å²) in [5.74, 6) is 5.88. The second-order valence-corrected chi connectivity index (χ2v) is 4.62. The third-order valence-corrected chi connectivity index (χ3v) is 3.01. The number of rotatable bonds is 2. The summed E-state index contributed by atoms with van der Waals surface area (Å²) in [7, 11) is 3.53. The van der Waals surface area contributed by atoms with E-state index in [1.165, 1.54) is 4.90 Å². The van der Waals surface area contributed by atoms with E-state index in [4.69, 9.17) is 0 Å². The highest BCUT2D eigenvalue weighted by atomic mass is 33.1. The van der Waals surface area contributed by atoms with E-state index in [-0.39, 0.29) is 0 Å². The van der Waals surface area contributed by atoms with Gasteiger partial charge < -0.3 is 0 Å². The van der Waals surface area contributed by atoms with Gasteiger partial charge in [0.15, 0.2) is 0 Å². The maximum absolute atomic E-state index is 3.01. The third-order valence-electron chi connectivity index (χ3n) is 1.30. The van der Waals surface area contributed by atoms with Crippen molar-refractivity contribution in [2.75, 3.05) is 6.26 Å². The first-order valence-corrected chi connectivity index (χ1v) is 6.16. The lowest BCUT2D eigenvalue weighted by Gasteiger charge is -1.96. The fraction of sp³-hybridized carbons (Fsp3) is 0.200. The molecule has 12 heavy (non-hydrogen) atoms. The Balaban J connectivity index is 2.76. The zero-order valence-corrected chi connectivity index (χ0v) is 8.76. The molecule has 0 aliphatic carbocycles. The molecule has 0 saturated carbocycles. The Morgan fingerprint density at radius 3 is 2.33 bits per heavy atom. The van der Waals surface area contributed by atoms with E-state index in [2.05, 4.69) is 42.4 Å². The lowest BCUT2D eigenvalue weighted by molar-refractivity contribution is 1.46. The van der Waals surface area contributed by atoms with E-state index >= 15 is 0 Å². The summed E-state index contributed by atoms with van der Waals surface area (Å²) >= 11 is 0. The van der Waals surface area contributed by atoms with Crippen LogP contribution in [0.4, 0.5) is 0 Å². The largest absolute Gasteiger partial charge is 0.101 e. The highest BCUT2D eigenvalue weighted by Gasteiger charge is 1.90. The molecule has 0 N–H and O–H groups in total. The molecule has 1 aromatic carbocycles. The second-order valence-electron chi connectivity index (χ2n) is 2.15. The first-order valence-electron chi connectivity index (χ1n) is 3.60. The minimum absolute atomic E-state index is 1.09. The third kappa shape index (κ3) is 2.84. The highest BCUT2D eigenvalue weighted by molar-refractivity contribution is 8.76. The van der Waals surface area contributed by atoms with Crippen molar-refractivity contribution < 1.29 is 0 Å². The van der Waals surface area contributed by atoms with Gasteiger partial charge in [0, 0.05) is 10.5 Å². The molecule has 1 aromatic rings. The first-order chi connectivity index (χ1) is 5.86. The fourth-order valence-corrected chi connectivity index (χ4v) is 2.18. The molecule has 0 heterocycles. The van der Waals surface area contributed by atoms with Gasteiger partial charge in [-0.1, -0.05) is 27.5 Å². The SMILES string of the molecule is CC#Cc1ccc(SSC)cc1. The summed E-state index contributed by atoms with van der Waals surface area (Å²) in [5.41, 5.74) is 1.09. The average Bonchev–Trinajstić information content (AvgIpc) is 2.09. The minimum Gasteiger partial charge on any atom is -0.101 e. The summed E-state index contributed by atoms with van der Waals surface area (Å²) in [6, 6.07) is 8.30. The van der Waals surface area contributed by atoms with Crippen LogP contribution >= 0.6 is 21.6 Å². The van der Waals surface area contributed by atoms with Crippen molar-refractivity contribution in [3.63, 3.8) is 0 Å². The van der Waals surface area contributed by atoms with Gasteiger partial charge in [0.2, 0.25) is 0 Å². The van der Waals surface area contributed by atoms with Gasteiger partial charge in [-0.15, -0.1) is 5.92 Å². The summed E-state index contributed by atoms with van der Waals surface area (Å²) in [5, 5.41) is 0. The van der Waals surface area contributed by atoms with Crippen molar-refractivity contribution in [1.82, 2.24) is 0 Å². The van der Waals surface area contributed by atoms with Crippen LogP contribution in [0.15, 0.2) is 29.2 Å². The highest BCUT2D eigenvalue weighted by Crippen LogP contribution is 2.27. The molecule has 0 spiro atoms. The predicted molar refractivity (Wildman–Crippen MR) is 58.4 cm³/mol. The Kier molecular flexibility index (Phi) is 4.13. The molecule has 0 nitrogen and oxygen atoms in total. The van der Waals surface area contributed by atoms with Gasteiger partial charge in [-0.2, -0.15) is 0 Å². The van der Waals surface area contributed by atoms with Crippen LogP contribution in [0, 0.1) is 11.8 Å². The summed E-state index contributed by atoms with van der Waals surface area (Å²) in [6.45, 7) is 1.85. The molecule has 0 amide bonds. The van der Waals surface area contributed by atoms with Gasteiger partial charge in [0.25, 0.3) is 0 Å². The number of hydrogen-bond acceptors (Lipinski definition) is 2. The fourth-order valence-electron chi connectivity index (χ4n) is 0.834. The smallest absolute Gasteiger partial charge is 0.0245 e. The molecule has 0 unspecified atom stereocenters. The molecule has 0 bridgehead atoms. The molecular weight excluding hydrogens is 184 g/mol. The Bertz CT molecular complexity index is 290. The molecule has 0 saturated heterocycles. The van der Waals surface area contributed by atoms with Gasteiger partial charge in [-0.05, 0) is 37.4 Å². The lowest BCUT2D eigenvalue weighted by Crippen LogP contribution is -1.72. The maximum Gasteiger partial charge on any atom is 0.0245 e. The summed E-state index contributed by atoms with van der Waals surface area (Å²) in [4.78, 5) is 1.28. The molecule has 0 atom stereocenters. The second kappa shape index (κ2) is 5.18. The van der Waals surface area contributed by atoms with E-state index in [0.717, 1.165) is 5.56 Å². The first kappa shape index (κ1) is 9.57. The standard InChI is InChI=1S/C10H10S2/c1-3-4-9-5-7-10(8-6-9)12-11-2/h5-8H,1-2H3. The molecular formula is C10H10S2. The molecule has 0 aromatic heterocycles. The van der Waals surface area contributed by atoms with Crippen LogP contribution in [0.1, 0.15) is 12.5 Å². The van der Waals surface area contributed by atoms with Gasteiger partial charge in [-0.3, -0.25) is 0 Å². The van der Waals surface area contributed by atoms with E-state index < -0.39 is 0 Å². The molecule has 62 valence electrons.